The highest BCUT2D eigenvalue weighted by Crippen LogP contribution is 2.18. The van der Waals surface area contributed by atoms with Crippen molar-refractivity contribution >= 4 is 41.3 Å². The maximum absolute atomic E-state index is 12.9. The van der Waals surface area contributed by atoms with Crippen LogP contribution in [0.5, 0.6) is 5.75 Å². The molecule has 51 heavy (non-hydrogen) atoms. The minimum absolute atomic E-state index is 0.0812. The first-order chi connectivity index (χ1) is 24.4. The summed E-state index contributed by atoms with van der Waals surface area (Å²) < 4.78 is 30.8. The molecule has 0 unspecified atom stereocenters. The highest BCUT2D eigenvalue weighted by Gasteiger charge is 2.27. The van der Waals surface area contributed by atoms with Gasteiger partial charge in [-0.15, -0.1) is 0 Å². The number of ether oxygens (including phenoxy) is 6. The normalized spacial score (nSPS) is 11.9. The summed E-state index contributed by atoms with van der Waals surface area (Å²) >= 11 is 0. The zero-order valence-electron chi connectivity index (χ0n) is 29.0. The first-order valence-electron chi connectivity index (χ1n) is 16.1. The van der Waals surface area contributed by atoms with Gasteiger partial charge in [0.15, 0.2) is 0 Å². The van der Waals surface area contributed by atoms with Crippen LogP contribution in [0.1, 0.15) is 33.3 Å². The predicted octanol–water partition coefficient (Wildman–Crippen LogP) is 2.69. The quantitative estimate of drug-likeness (QED) is 0.0451. The van der Waals surface area contributed by atoms with E-state index in [0.717, 1.165) is 0 Å². The zero-order valence-corrected chi connectivity index (χ0v) is 29.0. The molecule has 4 amide bonds. The number of hydrogen-bond donors (Lipinski definition) is 4. The number of alkyl carbamates (subject to hydrolysis) is 1. The van der Waals surface area contributed by atoms with Crippen molar-refractivity contribution in [3.63, 3.8) is 0 Å². The molecular formula is C33H45N5O13. The Balaban J connectivity index is 1.65. The molecule has 2 aromatic carbocycles. The maximum Gasteiger partial charge on any atom is 0.514 e. The Morgan fingerprint density at radius 3 is 2.02 bits per heavy atom. The van der Waals surface area contributed by atoms with Gasteiger partial charge in [0.05, 0.1) is 44.6 Å². The van der Waals surface area contributed by atoms with Gasteiger partial charge in [-0.3, -0.25) is 24.5 Å². The van der Waals surface area contributed by atoms with E-state index in [0.29, 0.717) is 44.2 Å². The van der Waals surface area contributed by atoms with Crippen molar-refractivity contribution in [2.24, 2.45) is 5.92 Å². The summed E-state index contributed by atoms with van der Waals surface area (Å²) in [7, 11) is 0. The Bertz CT molecular complexity index is 1420. The Morgan fingerprint density at radius 2 is 1.41 bits per heavy atom. The van der Waals surface area contributed by atoms with Crippen molar-refractivity contribution < 1.29 is 57.3 Å². The molecule has 0 aromatic heterocycles. The second-order valence-electron chi connectivity index (χ2n) is 11.0. The lowest BCUT2D eigenvalue weighted by Gasteiger charge is -2.24. The molecule has 0 spiro atoms. The van der Waals surface area contributed by atoms with Gasteiger partial charge in [-0.1, -0.05) is 26.0 Å². The number of nitro groups is 1. The van der Waals surface area contributed by atoms with Gasteiger partial charge in [0.2, 0.25) is 17.7 Å². The van der Waals surface area contributed by atoms with Gasteiger partial charge in [-0.25, -0.2) is 9.59 Å². The monoisotopic (exact) mass is 719 g/mol. The average molecular weight is 720 g/mol. The molecule has 2 atom stereocenters. The largest absolute Gasteiger partial charge is 0.514 e. The molecule has 2 rings (SSSR count). The third-order valence-corrected chi connectivity index (χ3v) is 6.61. The molecule has 0 saturated heterocycles. The fraction of sp³-hybridized carbons (Fsp3) is 0.485. The maximum atomic E-state index is 12.9. The SMILES string of the molecule is CCOC(=O)NCCOCCOCCOCC(=O)N[C@H](C(=O)N[C@@H](C)C(=O)Nc1ccc(COC(=O)Oc2ccc([N+](=O)[O-])cc2)cc1)C(C)C. The second-order valence-corrected chi connectivity index (χ2v) is 11.0. The van der Waals surface area contributed by atoms with Gasteiger partial charge >= 0.3 is 12.2 Å². The van der Waals surface area contributed by atoms with Crippen LogP contribution < -0.4 is 26.0 Å². The van der Waals surface area contributed by atoms with E-state index in [-0.39, 0.29) is 43.8 Å². The lowest BCUT2D eigenvalue weighted by Crippen LogP contribution is -2.54. The molecule has 0 radical (unpaired) electrons. The van der Waals surface area contributed by atoms with Gasteiger partial charge in [0, 0.05) is 24.4 Å². The molecule has 0 bridgehead atoms. The molecule has 18 heteroatoms. The number of nitro benzene ring substituents is 1. The summed E-state index contributed by atoms with van der Waals surface area (Å²) in [5.41, 5.74) is 0.860. The second kappa shape index (κ2) is 23.1. The van der Waals surface area contributed by atoms with E-state index in [1.807, 2.05) is 0 Å². The molecular weight excluding hydrogens is 674 g/mol. The fourth-order valence-corrected chi connectivity index (χ4v) is 3.97. The van der Waals surface area contributed by atoms with Crippen molar-refractivity contribution in [2.45, 2.75) is 46.4 Å². The topological polar surface area (TPSA) is 232 Å². The Morgan fingerprint density at radius 1 is 0.784 bits per heavy atom. The minimum Gasteiger partial charge on any atom is -0.450 e. The number of non-ortho nitro benzene ring substituents is 1. The Kier molecular flexibility index (Phi) is 19.0. The van der Waals surface area contributed by atoms with Crippen LogP contribution >= 0.6 is 0 Å². The number of amides is 4. The van der Waals surface area contributed by atoms with Crippen LogP contribution in [0.2, 0.25) is 0 Å². The molecule has 0 saturated carbocycles. The number of rotatable bonds is 22. The summed E-state index contributed by atoms with van der Waals surface area (Å²) in [6.07, 6.45) is -1.51. The zero-order chi connectivity index (χ0) is 37.6. The van der Waals surface area contributed by atoms with Crippen molar-refractivity contribution in [2.75, 3.05) is 58.1 Å². The summed E-state index contributed by atoms with van der Waals surface area (Å²) in [5, 5.41) is 21.2. The fourth-order valence-electron chi connectivity index (χ4n) is 3.97. The van der Waals surface area contributed by atoms with Crippen molar-refractivity contribution in [1.29, 1.82) is 0 Å². The van der Waals surface area contributed by atoms with Crippen molar-refractivity contribution in [3.8, 4) is 5.75 Å². The third kappa shape index (κ3) is 17.2. The van der Waals surface area contributed by atoms with E-state index in [2.05, 4.69) is 21.3 Å². The van der Waals surface area contributed by atoms with Crippen LogP contribution in [0.15, 0.2) is 48.5 Å². The Labute approximate surface area is 294 Å². The average Bonchev–Trinajstić information content (AvgIpc) is 3.09. The van der Waals surface area contributed by atoms with Crippen LogP contribution in [-0.2, 0) is 44.7 Å². The molecule has 4 N–H and O–H groups in total. The van der Waals surface area contributed by atoms with E-state index in [1.54, 1.807) is 45.0 Å². The highest BCUT2D eigenvalue weighted by molar-refractivity contribution is 5.98. The smallest absolute Gasteiger partial charge is 0.450 e. The third-order valence-electron chi connectivity index (χ3n) is 6.61. The van der Waals surface area contributed by atoms with Crippen molar-refractivity contribution in [3.05, 3.63) is 64.2 Å². The summed E-state index contributed by atoms with van der Waals surface area (Å²) in [6, 6.07) is 9.45. The number of carbonyl (C=O) groups is 5. The van der Waals surface area contributed by atoms with Gasteiger partial charge in [-0.05, 0) is 49.6 Å². The standard InChI is InChI=1S/C33H45N5O13/c1-5-49-32(42)34-14-15-46-16-17-47-18-19-48-21-28(39)37-29(22(2)3)31(41)35-23(4)30(40)36-25-8-6-24(7-9-25)20-50-33(43)51-27-12-10-26(11-13-27)38(44)45/h6-13,22-23,29H,5,14-21H2,1-4H3,(H,34,42)(H,35,41)(H,36,40)(H,37,39)/t23-,29-/m0/s1. The van der Waals surface area contributed by atoms with Crippen LogP contribution in [0.4, 0.5) is 21.0 Å². The molecule has 0 aliphatic rings. The first-order valence-corrected chi connectivity index (χ1v) is 16.1. The lowest BCUT2D eigenvalue weighted by molar-refractivity contribution is -0.384. The number of nitrogens with zero attached hydrogens (tertiary/aromatic N) is 1. The van der Waals surface area contributed by atoms with E-state index < -0.39 is 47.0 Å². The lowest BCUT2D eigenvalue weighted by atomic mass is 10.0. The number of carbonyl (C=O) groups excluding carboxylic acids is 5. The van der Waals surface area contributed by atoms with Gasteiger partial charge < -0.3 is 49.7 Å². The Hall–Kier alpha value is -5.33. The molecule has 0 heterocycles. The van der Waals surface area contributed by atoms with Crippen LogP contribution in [0.3, 0.4) is 0 Å². The summed E-state index contributed by atoms with van der Waals surface area (Å²) in [6.45, 7) is 8.14. The van der Waals surface area contributed by atoms with Crippen LogP contribution in [0.25, 0.3) is 0 Å². The van der Waals surface area contributed by atoms with Gasteiger partial charge in [0.25, 0.3) is 5.69 Å². The molecule has 0 fully saturated rings. The highest BCUT2D eigenvalue weighted by atomic mass is 16.7. The molecule has 280 valence electrons. The summed E-state index contributed by atoms with van der Waals surface area (Å²) in [5.74, 6) is -1.77. The van der Waals surface area contributed by atoms with E-state index in [9.17, 15) is 34.1 Å². The molecule has 2 aromatic rings. The van der Waals surface area contributed by atoms with Crippen LogP contribution in [0, 0.1) is 16.0 Å². The number of hydrogen-bond acceptors (Lipinski definition) is 13. The van der Waals surface area contributed by atoms with Crippen LogP contribution in [-0.4, -0.2) is 99.8 Å². The number of nitrogens with one attached hydrogen (secondary N) is 4. The summed E-state index contributed by atoms with van der Waals surface area (Å²) in [4.78, 5) is 71.4. The predicted molar refractivity (Wildman–Crippen MR) is 181 cm³/mol. The van der Waals surface area contributed by atoms with Crippen molar-refractivity contribution in [1.82, 2.24) is 16.0 Å². The molecule has 18 nitrogen and oxygen atoms in total. The molecule has 0 aliphatic carbocycles. The first kappa shape index (κ1) is 41.8. The minimum atomic E-state index is -1.00. The number of anilines is 1. The van der Waals surface area contributed by atoms with Gasteiger partial charge in [0.1, 0.15) is 31.0 Å². The van der Waals surface area contributed by atoms with Gasteiger partial charge in [-0.2, -0.15) is 0 Å². The van der Waals surface area contributed by atoms with E-state index in [1.165, 1.54) is 31.2 Å². The van der Waals surface area contributed by atoms with E-state index >= 15 is 0 Å². The molecule has 0 aliphatic heterocycles. The van der Waals surface area contributed by atoms with E-state index in [4.69, 9.17) is 28.4 Å². The number of benzene rings is 2.